The molecule has 0 aromatic rings. The van der Waals surface area contributed by atoms with Crippen molar-refractivity contribution >= 4 is 28.6 Å². The molecule has 0 aromatic carbocycles. The van der Waals surface area contributed by atoms with E-state index < -0.39 is 0 Å². The molecule has 2 atom stereocenters. The molecular weight excluding hydrogens is 307 g/mol. The second-order valence-electron chi connectivity index (χ2n) is 3.21. The van der Waals surface area contributed by atoms with Crippen LogP contribution >= 0.6 is 22.6 Å². The summed E-state index contributed by atoms with van der Waals surface area (Å²) in [5.74, 6) is -0.360. The summed E-state index contributed by atoms with van der Waals surface area (Å²) in [4.78, 5) is 11.6. The molecule has 0 rings (SSSR count). The van der Waals surface area contributed by atoms with Crippen molar-refractivity contribution in [1.29, 1.82) is 0 Å². The van der Waals surface area contributed by atoms with Gasteiger partial charge in [-0.25, -0.2) is 0 Å². The highest BCUT2D eigenvalue weighted by Crippen LogP contribution is 2.20. The van der Waals surface area contributed by atoms with Crippen LogP contribution in [0.2, 0.25) is 0 Å². The van der Waals surface area contributed by atoms with Crippen LogP contribution in [0.25, 0.3) is 0 Å². The van der Waals surface area contributed by atoms with E-state index in [0.29, 0.717) is 0 Å². The first kappa shape index (κ1) is 14.7. The molecule has 0 aliphatic rings. The summed E-state index contributed by atoms with van der Waals surface area (Å²) in [5, 5.41) is 0. The predicted molar refractivity (Wildman–Crippen MR) is 69.0 cm³/mol. The van der Waals surface area contributed by atoms with Gasteiger partial charge >= 0.3 is 5.97 Å². The van der Waals surface area contributed by atoms with E-state index in [-0.39, 0.29) is 18.0 Å². The monoisotopic (exact) mass is 326 g/mol. The highest BCUT2D eigenvalue weighted by molar-refractivity contribution is 14.1. The quantitative estimate of drug-likeness (QED) is 0.298. The van der Waals surface area contributed by atoms with Gasteiger partial charge in [0.05, 0.1) is 19.3 Å². The van der Waals surface area contributed by atoms with Crippen LogP contribution in [0.4, 0.5) is 0 Å². The lowest BCUT2D eigenvalue weighted by Crippen LogP contribution is -2.30. The van der Waals surface area contributed by atoms with E-state index in [2.05, 4.69) is 29.2 Å². The van der Waals surface area contributed by atoms with Crippen molar-refractivity contribution in [2.45, 2.75) is 32.3 Å². The summed E-state index contributed by atoms with van der Waals surface area (Å²) in [6.07, 6.45) is 3.87. The summed E-state index contributed by atoms with van der Waals surface area (Å²) in [6.45, 7) is 5.51. The van der Waals surface area contributed by atoms with Crippen LogP contribution in [-0.2, 0) is 14.3 Å². The fourth-order valence-corrected chi connectivity index (χ4v) is 1.94. The lowest BCUT2D eigenvalue weighted by Gasteiger charge is -2.23. The van der Waals surface area contributed by atoms with Crippen molar-refractivity contribution in [3.8, 4) is 0 Å². The topological polar surface area (TPSA) is 35.5 Å². The number of hydrogen-bond acceptors (Lipinski definition) is 3. The molecule has 0 saturated heterocycles. The minimum atomic E-state index is -0.187. The fourth-order valence-electron chi connectivity index (χ4n) is 1.50. The molecule has 0 amide bonds. The van der Waals surface area contributed by atoms with Gasteiger partial charge in [-0.1, -0.05) is 36.1 Å². The molecule has 15 heavy (non-hydrogen) atoms. The van der Waals surface area contributed by atoms with Crippen LogP contribution in [0, 0.1) is 5.92 Å². The van der Waals surface area contributed by atoms with Crippen LogP contribution in [0.5, 0.6) is 0 Å². The summed E-state index contributed by atoms with van der Waals surface area (Å²) < 4.78 is 11.2. The van der Waals surface area contributed by atoms with Crippen LogP contribution in [0.3, 0.4) is 0 Å². The Kier molecular flexibility index (Phi) is 8.85. The van der Waals surface area contributed by atoms with Crippen LogP contribution < -0.4 is 0 Å². The Balaban J connectivity index is 4.41. The maximum atomic E-state index is 11.6. The minimum Gasteiger partial charge on any atom is -0.498 e. The molecule has 0 unspecified atom stereocenters. The van der Waals surface area contributed by atoms with Gasteiger partial charge in [0.25, 0.3) is 0 Å². The van der Waals surface area contributed by atoms with Gasteiger partial charge in [0.2, 0.25) is 0 Å². The Bertz CT molecular complexity index is 194. The second kappa shape index (κ2) is 9.00. The molecule has 0 fully saturated rings. The summed E-state index contributed by atoms with van der Waals surface area (Å²) in [5.41, 5.74) is 0. The van der Waals surface area contributed by atoms with Crippen LogP contribution in [0.1, 0.15) is 26.2 Å². The summed E-state index contributed by atoms with van der Waals surface area (Å²) in [7, 11) is 1.42. The Morgan fingerprint density at radius 3 is 2.67 bits per heavy atom. The lowest BCUT2D eigenvalue weighted by molar-refractivity contribution is -0.150. The molecule has 0 bridgehead atoms. The third-order valence-corrected chi connectivity index (χ3v) is 3.04. The van der Waals surface area contributed by atoms with Gasteiger partial charge in [-0.2, -0.15) is 0 Å². The van der Waals surface area contributed by atoms with Crippen LogP contribution in [-0.4, -0.2) is 23.6 Å². The van der Waals surface area contributed by atoms with E-state index in [1.165, 1.54) is 13.4 Å². The van der Waals surface area contributed by atoms with Crippen molar-refractivity contribution in [3.05, 3.63) is 12.8 Å². The number of carbonyl (C=O) groups excluding carboxylic acids is 1. The molecule has 88 valence electrons. The molecule has 3 nitrogen and oxygen atoms in total. The number of halogens is 1. The molecule has 0 saturated carbocycles. The Hall–Kier alpha value is -0.260. The highest BCUT2D eigenvalue weighted by atomic mass is 127. The largest absolute Gasteiger partial charge is 0.498 e. The number of esters is 1. The zero-order valence-electron chi connectivity index (χ0n) is 9.37. The van der Waals surface area contributed by atoms with E-state index in [0.717, 1.165) is 23.7 Å². The average molecular weight is 326 g/mol. The standard InChI is InChI=1S/C11H19IO3/c1-4-10(15-5-2)9(7-6-8-12)11(13)14-3/h5,9-10H,2,4,6-8H2,1,3H3/t9-,10+/m1/s1. The van der Waals surface area contributed by atoms with E-state index in [4.69, 9.17) is 9.47 Å². The molecule has 0 N–H and O–H groups in total. The van der Waals surface area contributed by atoms with Gasteiger partial charge in [0.15, 0.2) is 0 Å². The van der Waals surface area contributed by atoms with E-state index in [1.807, 2.05) is 6.92 Å². The van der Waals surface area contributed by atoms with Gasteiger partial charge in [0, 0.05) is 0 Å². The van der Waals surface area contributed by atoms with Crippen LogP contribution in [0.15, 0.2) is 12.8 Å². The number of alkyl halides is 1. The van der Waals surface area contributed by atoms with E-state index in [9.17, 15) is 4.79 Å². The first-order chi connectivity index (χ1) is 7.21. The molecule has 4 heteroatoms. The Morgan fingerprint density at radius 1 is 1.60 bits per heavy atom. The zero-order valence-corrected chi connectivity index (χ0v) is 11.5. The minimum absolute atomic E-state index is 0.113. The van der Waals surface area contributed by atoms with Crippen molar-refractivity contribution in [2.24, 2.45) is 5.92 Å². The number of rotatable bonds is 8. The van der Waals surface area contributed by atoms with Crippen molar-refractivity contribution in [1.82, 2.24) is 0 Å². The summed E-state index contributed by atoms with van der Waals surface area (Å²) in [6, 6.07) is 0. The number of carbonyl (C=O) groups is 1. The third kappa shape index (κ3) is 5.39. The maximum absolute atomic E-state index is 11.6. The van der Waals surface area contributed by atoms with Gasteiger partial charge in [-0.3, -0.25) is 4.79 Å². The van der Waals surface area contributed by atoms with Gasteiger partial charge < -0.3 is 9.47 Å². The molecule has 0 aliphatic carbocycles. The first-order valence-electron chi connectivity index (χ1n) is 5.11. The predicted octanol–water partition coefficient (Wildman–Crippen LogP) is 2.93. The second-order valence-corrected chi connectivity index (χ2v) is 4.29. The molecule has 0 aliphatic heterocycles. The Labute approximate surface area is 105 Å². The molecule has 0 heterocycles. The smallest absolute Gasteiger partial charge is 0.312 e. The van der Waals surface area contributed by atoms with Gasteiger partial charge in [0.1, 0.15) is 6.10 Å². The number of methoxy groups -OCH3 is 1. The normalized spacial score (nSPS) is 14.1. The molecule has 0 aromatic heterocycles. The molecular formula is C11H19IO3. The lowest BCUT2D eigenvalue weighted by atomic mass is 9.95. The SMILES string of the molecule is C=CO[C@@H](CC)[C@@H](CCCI)C(=O)OC. The average Bonchev–Trinajstić information content (AvgIpc) is 2.27. The number of hydrogen-bond donors (Lipinski definition) is 0. The zero-order chi connectivity index (χ0) is 11.7. The van der Waals surface area contributed by atoms with E-state index in [1.54, 1.807) is 0 Å². The summed E-state index contributed by atoms with van der Waals surface area (Å²) >= 11 is 2.30. The molecule has 0 spiro atoms. The van der Waals surface area contributed by atoms with Crippen molar-refractivity contribution in [2.75, 3.05) is 11.5 Å². The first-order valence-corrected chi connectivity index (χ1v) is 6.63. The van der Waals surface area contributed by atoms with E-state index >= 15 is 0 Å². The maximum Gasteiger partial charge on any atom is 0.312 e. The third-order valence-electron chi connectivity index (χ3n) is 2.27. The highest BCUT2D eigenvalue weighted by Gasteiger charge is 2.28. The fraction of sp³-hybridized carbons (Fsp3) is 0.727. The van der Waals surface area contributed by atoms with Crippen molar-refractivity contribution in [3.63, 3.8) is 0 Å². The van der Waals surface area contributed by atoms with Crippen molar-refractivity contribution < 1.29 is 14.3 Å². The Morgan fingerprint density at radius 2 is 2.27 bits per heavy atom. The molecule has 0 radical (unpaired) electrons. The van der Waals surface area contributed by atoms with Gasteiger partial charge in [-0.05, 0) is 23.7 Å². The van der Waals surface area contributed by atoms with Gasteiger partial charge in [-0.15, -0.1) is 0 Å². The number of ether oxygens (including phenoxy) is 2.